The molecule has 0 bridgehead atoms. The first-order valence-corrected chi connectivity index (χ1v) is 11.4. The quantitative estimate of drug-likeness (QED) is 0.568. The van der Waals surface area contributed by atoms with E-state index in [1.165, 1.54) is 10.8 Å². The maximum Gasteiger partial charge on any atom is 0.220 e. The maximum atomic E-state index is 11.7. The number of aromatic nitrogens is 1. The van der Waals surface area contributed by atoms with Crippen molar-refractivity contribution >= 4 is 34.9 Å². The minimum atomic E-state index is -0.00325. The highest BCUT2D eigenvalue weighted by atomic mass is 35.5. The lowest BCUT2D eigenvalue weighted by Crippen LogP contribution is -2.46. The topological polar surface area (TPSA) is 48.5 Å². The van der Waals surface area contributed by atoms with Gasteiger partial charge >= 0.3 is 0 Å². The van der Waals surface area contributed by atoms with E-state index in [0.717, 1.165) is 55.4 Å². The molecular formula is C26H33ClN4O. The summed E-state index contributed by atoms with van der Waals surface area (Å²) in [6, 6.07) is 19.1. The molecule has 4 rings (SSSR count). The fourth-order valence-corrected chi connectivity index (χ4v) is 4.21. The zero-order valence-corrected chi connectivity index (χ0v) is 20.0. The smallest absolute Gasteiger partial charge is 0.220 e. The molecule has 32 heavy (non-hydrogen) atoms. The van der Waals surface area contributed by atoms with Crippen molar-refractivity contribution < 1.29 is 4.79 Å². The molecule has 0 radical (unpaired) electrons. The van der Waals surface area contributed by atoms with Crippen LogP contribution in [0, 0.1) is 0 Å². The minimum absolute atomic E-state index is 0. The Hall–Kier alpha value is -2.63. The molecule has 0 aliphatic carbocycles. The highest BCUT2D eigenvalue weighted by molar-refractivity contribution is 5.95. The van der Waals surface area contributed by atoms with Crippen molar-refractivity contribution in [2.75, 3.05) is 37.6 Å². The molecule has 2 aromatic carbocycles. The molecular weight excluding hydrogens is 420 g/mol. The number of nitrogens with zero attached hydrogens (tertiary/aromatic N) is 3. The number of pyridine rings is 1. The van der Waals surface area contributed by atoms with Crippen LogP contribution in [0.5, 0.6) is 0 Å². The van der Waals surface area contributed by atoms with Crippen LogP contribution in [0.3, 0.4) is 0 Å². The summed E-state index contributed by atoms with van der Waals surface area (Å²) in [6.45, 7) is 11.4. The molecule has 1 saturated heterocycles. The number of fused-ring (bicyclic) bond motifs is 1. The molecule has 1 aliphatic rings. The molecule has 6 heteroatoms. The summed E-state index contributed by atoms with van der Waals surface area (Å²) < 4.78 is 0. The van der Waals surface area contributed by atoms with Gasteiger partial charge in [0, 0.05) is 43.5 Å². The average molecular weight is 453 g/mol. The van der Waals surface area contributed by atoms with E-state index < -0.39 is 0 Å². The number of likely N-dealkylation sites (N-methyl/N-ethyl adjacent to an activating group) is 1. The third-order valence-corrected chi connectivity index (χ3v) is 6.24. The highest BCUT2D eigenvalue weighted by Gasteiger charge is 2.20. The van der Waals surface area contributed by atoms with E-state index in [9.17, 15) is 4.79 Å². The van der Waals surface area contributed by atoms with Crippen LogP contribution >= 0.6 is 12.4 Å². The number of anilines is 1. The van der Waals surface area contributed by atoms with Crippen LogP contribution in [-0.4, -0.2) is 48.5 Å². The number of carbonyl (C=O) groups is 1. The molecule has 1 aliphatic heterocycles. The number of nitrogens with one attached hydrogen (secondary N) is 1. The Morgan fingerprint density at radius 2 is 1.72 bits per heavy atom. The minimum Gasteiger partial charge on any atom is -0.354 e. The molecule has 0 saturated carbocycles. The number of rotatable bonds is 6. The number of carbonyl (C=O) groups excluding carboxylic acids is 1. The molecule has 1 aromatic heterocycles. The highest BCUT2D eigenvalue weighted by Crippen LogP contribution is 2.31. The second kappa shape index (κ2) is 10.8. The van der Waals surface area contributed by atoms with Crippen LogP contribution < -0.4 is 10.2 Å². The second-order valence-electron chi connectivity index (χ2n) is 8.24. The van der Waals surface area contributed by atoms with Crippen LogP contribution in [0.25, 0.3) is 22.0 Å². The normalized spacial score (nSPS) is 15.3. The number of benzene rings is 2. The fraction of sp³-hybridized carbons (Fsp3) is 0.385. The van der Waals surface area contributed by atoms with E-state index in [2.05, 4.69) is 76.6 Å². The molecule has 1 fully saturated rings. The Morgan fingerprint density at radius 3 is 2.38 bits per heavy atom. The molecule has 1 atom stereocenters. The summed E-state index contributed by atoms with van der Waals surface area (Å²) in [5.74, 6) is 1.15. The SMILES string of the molecule is CCC(=O)NC(C)c1ccc(-c2cc3ccccc3c(N3CCN(CC)CC3)n2)cc1.Cl. The van der Waals surface area contributed by atoms with E-state index in [-0.39, 0.29) is 24.4 Å². The molecule has 1 amide bonds. The van der Waals surface area contributed by atoms with Gasteiger partial charge in [0.1, 0.15) is 5.82 Å². The second-order valence-corrected chi connectivity index (χ2v) is 8.24. The van der Waals surface area contributed by atoms with Gasteiger partial charge in [0.2, 0.25) is 5.91 Å². The van der Waals surface area contributed by atoms with Gasteiger partial charge in [-0.2, -0.15) is 0 Å². The molecule has 5 nitrogen and oxygen atoms in total. The zero-order valence-electron chi connectivity index (χ0n) is 19.2. The van der Waals surface area contributed by atoms with Gasteiger partial charge in [-0.15, -0.1) is 12.4 Å². The van der Waals surface area contributed by atoms with Gasteiger partial charge in [-0.25, -0.2) is 4.98 Å². The van der Waals surface area contributed by atoms with Crippen LogP contribution in [0.2, 0.25) is 0 Å². The third-order valence-electron chi connectivity index (χ3n) is 6.24. The van der Waals surface area contributed by atoms with Crippen LogP contribution in [-0.2, 0) is 4.79 Å². The van der Waals surface area contributed by atoms with E-state index in [0.29, 0.717) is 6.42 Å². The Morgan fingerprint density at radius 1 is 1.03 bits per heavy atom. The number of piperazine rings is 1. The van der Waals surface area contributed by atoms with Gasteiger partial charge in [-0.05, 0) is 30.5 Å². The van der Waals surface area contributed by atoms with Crippen LogP contribution in [0.1, 0.15) is 38.8 Å². The predicted octanol–water partition coefficient (Wildman–Crippen LogP) is 5.05. The van der Waals surface area contributed by atoms with E-state index in [4.69, 9.17) is 4.98 Å². The molecule has 3 aromatic rings. The first-order valence-electron chi connectivity index (χ1n) is 11.4. The average Bonchev–Trinajstić information content (AvgIpc) is 2.83. The molecule has 0 spiro atoms. The standard InChI is InChI=1S/C26H32N4O.ClH/c1-4-25(31)27-19(3)20-10-12-21(13-11-20)24-18-22-8-6-7-9-23(22)26(28-24)30-16-14-29(5-2)15-17-30;/h6-13,18-19H,4-5,14-17H2,1-3H3,(H,27,31);1H. The zero-order chi connectivity index (χ0) is 21.8. The summed E-state index contributed by atoms with van der Waals surface area (Å²) in [5, 5.41) is 5.45. The first-order chi connectivity index (χ1) is 15.1. The van der Waals surface area contributed by atoms with E-state index in [1.807, 2.05) is 13.8 Å². The molecule has 1 unspecified atom stereocenters. The summed E-state index contributed by atoms with van der Waals surface area (Å²) in [4.78, 5) is 21.7. The number of hydrogen-bond donors (Lipinski definition) is 1. The lowest BCUT2D eigenvalue weighted by molar-refractivity contribution is -0.121. The van der Waals surface area contributed by atoms with Gasteiger partial charge in [0.25, 0.3) is 0 Å². The lowest BCUT2D eigenvalue weighted by Gasteiger charge is -2.35. The Kier molecular flexibility index (Phi) is 8.10. The largest absolute Gasteiger partial charge is 0.354 e. The van der Waals surface area contributed by atoms with Crippen molar-refractivity contribution in [3.63, 3.8) is 0 Å². The molecule has 2 heterocycles. The maximum absolute atomic E-state index is 11.7. The van der Waals surface area contributed by atoms with Gasteiger partial charge in [-0.3, -0.25) is 4.79 Å². The summed E-state index contributed by atoms with van der Waals surface area (Å²) in [6.07, 6.45) is 0.499. The van der Waals surface area contributed by atoms with Crippen LogP contribution in [0.15, 0.2) is 54.6 Å². The molecule has 170 valence electrons. The predicted molar refractivity (Wildman–Crippen MR) is 136 cm³/mol. The first kappa shape index (κ1) is 24.0. The van der Waals surface area contributed by atoms with Gasteiger partial charge in [-0.1, -0.05) is 62.4 Å². The fourth-order valence-electron chi connectivity index (χ4n) is 4.21. The van der Waals surface area contributed by atoms with Crippen molar-refractivity contribution in [2.24, 2.45) is 0 Å². The Balaban J connectivity index is 0.00000289. The Labute approximate surface area is 197 Å². The van der Waals surface area contributed by atoms with Gasteiger partial charge in [0.15, 0.2) is 0 Å². The monoisotopic (exact) mass is 452 g/mol. The van der Waals surface area contributed by atoms with Crippen LogP contribution in [0.4, 0.5) is 5.82 Å². The number of amides is 1. The van der Waals surface area contributed by atoms with Crippen molar-refractivity contribution in [3.05, 3.63) is 60.2 Å². The number of hydrogen-bond acceptors (Lipinski definition) is 4. The van der Waals surface area contributed by atoms with Gasteiger partial charge in [0.05, 0.1) is 11.7 Å². The van der Waals surface area contributed by atoms with E-state index in [1.54, 1.807) is 0 Å². The van der Waals surface area contributed by atoms with Crippen molar-refractivity contribution in [1.29, 1.82) is 0 Å². The van der Waals surface area contributed by atoms with Crippen molar-refractivity contribution in [2.45, 2.75) is 33.2 Å². The van der Waals surface area contributed by atoms with Crippen molar-refractivity contribution in [1.82, 2.24) is 15.2 Å². The number of halogens is 1. The summed E-state index contributed by atoms with van der Waals surface area (Å²) in [7, 11) is 0. The van der Waals surface area contributed by atoms with E-state index >= 15 is 0 Å². The third kappa shape index (κ3) is 5.22. The van der Waals surface area contributed by atoms with Gasteiger partial charge < -0.3 is 15.1 Å². The Bertz CT molecular complexity index is 1050. The summed E-state index contributed by atoms with van der Waals surface area (Å²) >= 11 is 0. The van der Waals surface area contributed by atoms with Crippen molar-refractivity contribution in [3.8, 4) is 11.3 Å². The summed E-state index contributed by atoms with van der Waals surface area (Å²) in [5.41, 5.74) is 3.18. The lowest BCUT2D eigenvalue weighted by atomic mass is 10.0. The molecule has 1 N–H and O–H groups in total.